The van der Waals surface area contributed by atoms with Gasteiger partial charge in [0.2, 0.25) is 11.8 Å². The van der Waals surface area contributed by atoms with Crippen molar-refractivity contribution in [2.24, 2.45) is 0 Å². The molecule has 0 unspecified atom stereocenters. The second kappa shape index (κ2) is 6.89. The van der Waals surface area contributed by atoms with Gasteiger partial charge >= 0.3 is 0 Å². The van der Waals surface area contributed by atoms with Crippen molar-refractivity contribution in [1.82, 2.24) is 10.6 Å². The zero-order valence-electron chi connectivity index (χ0n) is 13.2. The molecule has 3 N–H and O–H groups in total. The molecule has 1 heterocycles. The van der Waals surface area contributed by atoms with Crippen LogP contribution < -0.4 is 16.0 Å². The van der Waals surface area contributed by atoms with Gasteiger partial charge in [-0.25, -0.2) is 0 Å². The number of halogens is 1. The Labute approximate surface area is 141 Å². The number of carbonyl (C=O) groups is 2. The second-order valence-electron chi connectivity index (χ2n) is 6.44. The van der Waals surface area contributed by atoms with E-state index in [0.29, 0.717) is 10.7 Å². The van der Waals surface area contributed by atoms with Gasteiger partial charge in [0.15, 0.2) is 0 Å². The number of hydrogen-bond acceptors (Lipinski definition) is 3. The molecule has 2 aliphatic rings. The summed E-state index contributed by atoms with van der Waals surface area (Å²) in [6.45, 7) is 1.91. The van der Waals surface area contributed by atoms with Crippen molar-refractivity contribution in [3.05, 3.63) is 28.8 Å². The number of nitrogens with one attached hydrogen (secondary N) is 3. The molecule has 23 heavy (non-hydrogen) atoms. The highest BCUT2D eigenvalue weighted by atomic mass is 35.5. The lowest BCUT2D eigenvalue weighted by atomic mass is 9.87. The highest BCUT2D eigenvalue weighted by molar-refractivity contribution is 6.31. The number of rotatable bonds is 3. The predicted molar refractivity (Wildman–Crippen MR) is 90.5 cm³/mol. The smallest absolute Gasteiger partial charge is 0.237 e. The Morgan fingerprint density at radius 1 is 1.30 bits per heavy atom. The summed E-state index contributed by atoms with van der Waals surface area (Å²) in [4.78, 5) is 24.4. The number of fused-ring (bicyclic) bond motifs is 1. The molecule has 1 aliphatic heterocycles. The Morgan fingerprint density at radius 2 is 2.04 bits per heavy atom. The zero-order valence-corrected chi connectivity index (χ0v) is 14.0. The van der Waals surface area contributed by atoms with Crippen LogP contribution in [-0.2, 0) is 9.59 Å². The standard InChI is InChI=1S/C17H22ClN3O2/c1-10-6-7-11(8-12(10)18)19-16(22)9-15-17(23)21-14-5-3-2-4-13(14)20-15/h6-8,13-15,20H,2-5,9H2,1H3,(H,19,22)(H,21,23)/t13-,14+,15-/m0/s1. The van der Waals surface area contributed by atoms with Crippen molar-refractivity contribution in [3.63, 3.8) is 0 Å². The van der Waals surface area contributed by atoms with E-state index in [1.54, 1.807) is 6.07 Å². The van der Waals surface area contributed by atoms with Crippen LogP contribution in [0.5, 0.6) is 0 Å². The van der Waals surface area contributed by atoms with Crippen molar-refractivity contribution >= 4 is 29.1 Å². The van der Waals surface area contributed by atoms with Gasteiger partial charge in [0.05, 0.1) is 12.5 Å². The first-order chi connectivity index (χ1) is 11.0. The number of aryl methyl sites for hydroxylation is 1. The van der Waals surface area contributed by atoms with Crippen molar-refractivity contribution < 1.29 is 9.59 Å². The third-order valence-corrected chi connectivity index (χ3v) is 5.08. The number of hydrogen-bond donors (Lipinski definition) is 3. The van der Waals surface area contributed by atoms with E-state index in [-0.39, 0.29) is 30.3 Å². The number of benzene rings is 1. The lowest BCUT2D eigenvalue weighted by Gasteiger charge is -2.40. The molecule has 5 nitrogen and oxygen atoms in total. The van der Waals surface area contributed by atoms with E-state index in [1.165, 1.54) is 6.42 Å². The van der Waals surface area contributed by atoms with Crippen molar-refractivity contribution in [2.45, 2.75) is 57.2 Å². The van der Waals surface area contributed by atoms with E-state index >= 15 is 0 Å². The maximum absolute atomic E-state index is 12.2. The Hall–Kier alpha value is -1.59. The Bertz CT molecular complexity index is 620. The summed E-state index contributed by atoms with van der Waals surface area (Å²) in [5.41, 5.74) is 1.61. The molecule has 0 bridgehead atoms. The van der Waals surface area contributed by atoms with E-state index in [0.717, 1.165) is 24.8 Å². The van der Waals surface area contributed by atoms with Gasteiger partial charge in [0, 0.05) is 22.8 Å². The van der Waals surface area contributed by atoms with Crippen LogP contribution in [0, 0.1) is 6.92 Å². The Kier molecular flexibility index (Phi) is 4.87. The third-order valence-electron chi connectivity index (χ3n) is 4.67. The highest BCUT2D eigenvalue weighted by Gasteiger charge is 2.36. The molecule has 1 aromatic rings. The van der Waals surface area contributed by atoms with E-state index < -0.39 is 6.04 Å². The van der Waals surface area contributed by atoms with Crippen molar-refractivity contribution in [1.29, 1.82) is 0 Å². The molecule has 3 rings (SSSR count). The molecule has 124 valence electrons. The molecule has 2 amide bonds. The molecule has 1 saturated heterocycles. The summed E-state index contributed by atoms with van der Waals surface area (Å²) < 4.78 is 0. The SMILES string of the molecule is Cc1ccc(NC(=O)C[C@@H]2N[C@H]3CCCC[C@H]3NC2=O)cc1Cl. The van der Waals surface area contributed by atoms with Gasteiger partial charge in [-0.15, -0.1) is 0 Å². The Balaban J connectivity index is 1.58. The summed E-state index contributed by atoms with van der Waals surface area (Å²) in [5.74, 6) is -0.267. The van der Waals surface area contributed by atoms with Gasteiger partial charge < -0.3 is 16.0 Å². The topological polar surface area (TPSA) is 70.2 Å². The van der Waals surface area contributed by atoms with Crippen LogP contribution >= 0.6 is 11.6 Å². The second-order valence-corrected chi connectivity index (χ2v) is 6.85. The maximum atomic E-state index is 12.2. The lowest BCUT2D eigenvalue weighted by molar-refractivity contribution is -0.129. The molecule has 1 aliphatic carbocycles. The summed E-state index contributed by atoms with van der Waals surface area (Å²) in [7, 11) is 0. The molecule has 0 aromatic heterocycles. The molecule has 1 aromatic carbocycles. The van der Waals surface area contributed by atoms with Crippen LogP contribution in [0.4, 0.5) is 5.69 Å². The van der Waals surface area contributed by atoms with Gasteiger partial charge in [0.1, 0.15) is 0 Å². The zero-order chi connectivity index (χ0) is 16.4. The maximum Gasteiger partial charge on any atom is 0.237 e. The fraction of sp³-hybridized carbons (Fsp3) is 0.529. The molecular weight excluding hydrogens is 314 g/mol. The number of carbonyl (C=O) groups excluding carboxylic acids is 2. The van der Waals surface area contributed by atoms with E-state index in [2.05, 4.69) is 16.0 Å². The number of piperazine rings is 1. The van der Waals surface area contributed by atoms with Crippen LogP contribution in [-0.4, -0.2) is 29.9 Å². The van der Waals surface area contributed by atoms with Crippen molar-refractivity contribution in [3.8, 4) is 0 Å². The van der Waals surface area contributed by atoms with Crippen molar-refractivity contribution in [2.75, 3.05) is 5.32 Å². The minimum atomic E-state index is -0.463. The van der Waals surface area contributed by atoms with E-state index in [4.69, 9.17) is 11.6 Å². The molecule has 1 saturated carbocycles. The number of amides is 2. The molecule has 6 heteroatoms. The van der Waals surface area contributed by atoms with Crippen LogP contribution in [0.3, 0.4) is 0 Å². The van der Waals surface area contributed by atoms with Gasteiger partial charge in [-0.05, 0) is 37.5 Å². The summed E-state index contributed by atoms with van der Waals surface area (Å²) in [6, 6.07) is 5.43. The third kappa shape index (κ3) is 3.85. The summed E-state index contributed by atoms with van der Waals surface area (Å²) >= 11 is 6.06. The van der Waals surface area contributed by atoms with E-state index in [9.17, 15) is 9.59 Å². The molecule has 2 fully saturated rings. The molecule has 0 spiro atoms. The Morgan fingerprint density at radius 3 is 2.78 bits per heavy atom. The van der Waals surface area contributed by atoms with Gasteiger partial charge in [0.25, 0.3) is 0 Å². The van der Waals surface area contributed by atoms with Crippen LogP contribution in [0.2, 0.25) is 5.02 Å². The largest absolute Gasteiger partial charge is 0.350 e. The highest BCUT2D eigenvalue weighted by Crippen LogP contribution is 2.23. The minimum Gasteiger partial charge on any atom is -0.350 e. The number of anilines is 1. The fourth-order valence-electron chi connectivity index (χ4n) is 3.34. The lowest BCUT2D eigenvalue weighted by Crippen LogP contribution is -2.65. The van der Waals surface area contributed by atoms with Crippen LogP contribution in [0.15, 0.2) is 18.2 Å². The minimum absolute atomic E-state index is 0.0785. The fourth-order valence-corrected chi connectivity index (χ4v) is 3.52. The average Bonchev–Trinajstić information content (AvgIpc) is 2.51. The van der Waals surface area contributed by atoms with Gasteiger partial charge in [-0.3, -0.25) is 9.59 Å². The first-order valence-corrected chi connectivity index (χ1v) is 8.53. The first-order valence-electron chi connectivity index (χ1n) is 8.15. The van der Waals surface area contributed by atoms with Crippen LogP contribution in [0.25, 0.3) is 0 Å². The average molecular weight is 336 g/mol. The molecule has 0 radical (unpaired) electrons. The summed E-state index contributed by atoms with van der Waals surface area (Å²) in [6.07, 6.45) is 4.52. The summed E-state index contributed by atoms with van der Waals surface area (Å²) in [5, 5.41) is 9.81. The van der Waals surface area contributed by atoms with E-state index in [1.807, 2.05) is 19.1 Å². The molecule has 3 atom stereocenters. The van der Waals surface area contributed by atoms with Gasteiger partial charge in [-0.2, -0.15) is 0 Å². The quantitative estimate of drug-likeness (QED) is 0.794. The first kappa shape index (κ1) is 16.3. The normalized spacial score (nSPS) is 27.0. The van der Waals surface area contributed by atoms with Gasteiger partial charge in [-0.1, -0.05) is 30.5 Å². The predicted octanol–water partition coefficient (Wildman–Crippen LogP) is 2.38. The molecular formula is C17H22ClN3O2. The monoisotopic (exact) mass is 335 g/mol. The van der Waals surface area contributed by atoms with Crippen LogP contribution in [0.1, 0.15) is 37.7 Å².